The van der Waals surface area contributed by atoms with Crippen LogP contribution in [0.15, 0.2) is 60.1 Å². The highest BCUT2D eigenvalue weighted by molar-refractivity contribution is 5.78. The number of hydrogen-bond acceptors (Lipinski definition) is 7. The van der Waals surface area contributed by atoms with E-state index in [1.54, 1.807) is 19.5 Å². The van der Waals surface area contributed by atoms with E-state index < -0.39 is 5.54 Å². The van der Waals surface area contributed by atoms with E-state index >= 15 is 0 Å². The highest BCUT2D eigenvalue weighted by Crippen LogP contribution is 2.54. The van der Waals surface area contributed by atoms with Crippen molar-refractivity contribution in [2.24, 2.45) is 10.7 Å². The average molecular weight is 374 g/mol. The molecule has 28 heavy (non-hydrogen) atoms. The predicted octanol–water partition coefficient (Wildman–Crippen LogP) is 3.23. The van der Waals surface area contributed by atoms with E-state index in [1.165, 1.54) is 6.33 Å². The van der Waals surface area contributed by atoms with Crippen molar-refractivity contribution in [1.29, 1.82) is 0 Å². The van der Waals surface area contributed by atoms with E-state index in [4.69, 9.17) is 24.9 Å². The van der Waals surface area contributed by atoms with E-state index in [0.717, 1.165) is 22.3 Å². The number of benzene rings is 2. The fourth-order valence-electron chi connectivity index (χ4n) is 3.95. The molecule has 1 aromatic heterocycles. The van der Waals surface area contributed by atoms with Gasteiger partial charge < -0.3 is 19.9 Å². The van der Waals surface area contributed by atoms with E-state index in [9.17, 15) is 0 Å². The summed E-state index contributed by atoms with van der Waals surface area (Å²) in [6.45, 7) is 1.96. The van der Waals surface area contributed by atoms with Crippen LogP contribution >= 0.6 is 0 Å². The maximum absolute atomic E-state index is 6.19. The molecule has 1 spiro atoms. The summed E-state index contributed by atoms with van der Waals surface area (Å²) in [5.74, 6) is 2.14. The summed E-state index contributed by atoms with van der Waals surface area (Å²) in [6, 6.07) is 11.8. The number of aromatic nitrogens is 2. The first kappa shape index (κ1) is 16.6. The molecule has 0 fully saturated rings. The maximum atomic E-state index is 6.19. The summed E-state index contributed by atoms with van der Waals surface area (Å²) in [5, 5.41) is 0. The quantitative estimate of drug-likeness (QED) is 0.740. The summed E-state index contributed by atoms with van der Waals surface area (Å²) in [7, 11) is 1.63. The minimum atomic E-state index is -0.826. The molecule has 2 aliphatic heterocycles. The number of hydrogen-bond donors (Lipinski definition) is 1. The number of fused-ring (bicyclic) bond motifs is 4. The van der Waals surface area contributed by atoms with Gasteiger partial charge in [0.2, 0.25) is 0 Å². The molecule has 0 unspecified atom stereocenters. The Morgan fingerprint density at radius 1 is 1.00 bits per heavy atom. The van der Waals surface area contributed by atoms with Crippen LogP contribution in [-0.4, -0.2) is 29.2 Å². The Morgan fingerprint density at radius 2 is 1.71 bits per heavy atom. The van der Waals surface area contributed by atoms with Gasteiger partial charge in [0.1, 0.15) is 29.7 Å². The summed E-state index contributed by atoms with van der Waals surface area (Å²) in [4.78, 5) is 13.0. The molecular weight excluding hydrogens is 356 g/mol. The van der Waals surface area contributed by atoms with Gasteiger partial charge in [-0.2, -0.15) is 0 Å². The Balaban J connectivity index is 1.78. The lowest BCUT2D eigenvalue weighted by Crippen LogP contribution is -2.37. The molecule has 7 nitrogen and oxygen atoms in total. The van der Waals surface area contributed by atoms with Crippen molar-refractivity contribution < 1.29 is 14.2 Å². The van der Waals surface area contributed by atoms with Crippen LogP contribution in [0.5, 0.6) is 17.2 Å². The third-order valence-corrected chi connectivity index (χ3v) is 5.27. The number of nitrogens with two attached hydrogens (primary N) is 1. The van der Waals surface area contributed by atoms with Gasteiger partial charge in [0, 0.05) is 29.1 Å². The third-order valence-electron chi connectivity index (χ3n) is 5.27. The number of amidine groups is 1. The Kier molecular flexibility index (Phi) is 3.52. The van der Waals surface area contributed by atoms with E-state index in [2.05, 4.69) is 9.97 Å². The summed E-state index contributed by atoms with van der Waals surface area (Å²) < 4.78 is 17.4. The Labute approximate surface area is 161 Å². The van der Waals surface area contributed by atoms with Crippen LogP contribution in [-0.2, 0) is 10.3 Å². The summed E-state index contributed by atoms with van der Waals surface area (Å²) >= 11 is 0. The summed E-state index contributed by atoms with van der Waals surface area (Å²) in [6.07, 6.45) is 4.73. The second-order valence-electron chi connectivity index (χ2n) is 6.78. The van der Waals surface area contributed by atoms with Gasteiger partial charge in [0.15, 0.2) is 5.54 Å². The zero-order valence-corrected chi connectivity index (χ0v) is 15.4. The smallest absolute Gasteiger partial charge is 0.283 e. The average Bonchev–Trinajstić information content (AvgIpc) is 3.03. The van der Waals surface area contributed by atoms with E-state index in [1.807, 2.05) is 43.3 Å². The molecule has 0 aliphatic carbocycles. The van der Waals surface area contributed by atoms with Crippen LogP contribution in [0.4, 0.5) is 0 Å². The lowest BCUT2D eigenvalue weighted by atomic mass is 9.76. The van der Waals surface area contributed by atoms with Gasteiger partial charge in [-0.1, -0.05) is 6.07 Å². The molecule has 2 atom stereocenters. The molecule has 2 N–H and O–H groups in total. The predicted molar refractivity (Wildman–Crippen MR) is 103 cm³/mol. The van der Waals surface area contributed by atoms with Gasteiger partial charge in [-0.3, -0.25) is 0 Å². The van der Waals surface area contributed by atoms with Crippen molar-refractivity contribution in [3.63, 3.8) is 0 Å². The Morgan fingerprint density at radius 3 is 2.39 bits per heavy atom. The first-order chi connectivity index (χ1) is 13.6. The van der Waals surface area contributed by atoms with Crippen LogP contribution in [0.2, 0.25) is 0 Å². The molecule has 3 aromatic rings. The van der Waals surface area contributed by atoms with Crippen LogP contribution in [0.25, 0.3) is 11.1 Å². The van der Waals surface area contributed by atoms with E-state index in [0.29, 0.717) is 17.2 Å². The molecule has 140 valence electrons. The standard InChI is InChI=1S/C21H18N4O3/c1-12-21(25-20(22)27-12)16-7-13(14-9-23-11-24-10-14)3-5-18(16)28-19-6-4-15(26-2)8-17(19)21/h3-12H,1-2H3,(H2,22,25)/t12-,21-/m0/s1. The molecule has 0 saturated carbocycles. The maximum Gasteiger partial charge on any atom is 0.283 e. The van der Waals surface area contributed by atoms with Gasteiger partial charge in [-0.05, 0) is 42.8 Å². The molecular formula is C21H18N4O3. The second-order valence-corrected chi connectivity index (χ2v) is 6.78. The SMILES string of the molecule is COc1ccc2c(c1)[C@@]1(N=C(N)O[C@H]1C)c1cc(-c3cncnc3)ccc1O2. The zero-order chi connectivity index (χ0) is 19.3. The third kappa shape index (κ3) is 2.26. The van der Waals surface area contributed by atoms with Gasteiger partial charge in [0.05, 0.1) is 7.11 Å². The van der Waals surface area contributed by atoms with Gasteiger partial charge >= 0.3 is 0 Å². The normalized spacial score (nSPS) is 21.9. The van der Waals surface area contributed by atoms with Crippen molar-refractivity contribution >= 4 is 6.02 Å². The molecule has 7 heteroatoms. The van der Waals surface area contributed by atoms with Crippen molar-refractivity contribution in [3.05, 3.63) is 66.2 Å². The number of rotatable bonds is 2. The second kappa shape index (κ2) is 5.95. The number of methoxy groups -OCH3 is 1. The molecule has 0 saturated heterocycles. The van der Waals surface area contributed by atoms with Crippen molar-refractivity contribution in [3.8, 4) is 28.4 Å². The van der Waals surface area contributed by atoms with Crippen LogP contribution in [0, 0.1) is 0 Å². The zero-order valence-electron chi connectivity index (χ0n) is 15.4. The molecule has 2 aromatic carbocycles. The fourth-order valence-corrected chi connectivity index (χ4v) is 3.95. The van der Waals surface area contributed by atoms with E-state index in [-0.39, 0.29) is 12.1 Å². The number of nitrogens with zero attached hydrogens (tertiary/aromatic N) is 3. The highest BCUT2D eigenvalue weighted by Gasteiger charge is 2.52. The molecule has 5 rings (SSSR count). The molecule has 2 aliphatic rings. The monoisotopic (exact) mass is 374 g/mol. The van der Waals surface area contributed by atoms with Gasteiger partial charge in [-0.15, -0.1) is 0 Å². The summed E-state index contributed by atoms with van der Waals surface area (Å²) in [5.41, 5.74) is 8.77. The Hall–Kier alpha value is -3.61. The fraction of sp³-hybridized carbons (Fsp3) is 0.190. The first-order valence-corrected chi connectivity index (χ1v) is 8.90. The van der Waals surface area contributed by atoms with Crippen LogP contribution in [0.1, 0.15) is 18.1 Å². The van der Waals surface area contributed by atoms with Crippen molar-refractivity contribution in [2.75, 3.05) is 7.11 Å². The number of aliphatic imine (C=N–C) groups is 1. The number of ether oxygens (including phenoxy) is 3. The molecule has 3 heterocycles. The lowest BCUT2D eigenvalue weighted by Gasteiger charge is -2.37. The topological polar surface area (TPSA) is 91.9 Å². The van der Waals surface area contributed by atoms with Crippen molar-refractivity contribution in [2.45, 2.75) is 18.6 Å². The molecule has 0 radical (unpaired) electrons. The molecule has 0 amide bonds. The largest absolute Gasteiger partial charge is 0.497 e. The molecule has 0 bridgehead atoms. The van der Waals surface area contributed by atoms with Crippen LogP contribution < -0.4 is 15.2 Å². The first-order valence-electron chi connectivity index (χ1n) is 8.90. The van der Waals surface area contributed by atoms with Crippen LogP contribution in [0.3, 0.4) is 0 Å². The minimum Gasteiger partial charge on any atom is -0.497 e. The van der Waals surface area contributed by atoms with Gasteiger partial charge in [0.25, 0.3) is 6.02 Å². The lowest BCUT2D eigenvalue weighted by molar-refractivity contribution is 0.166. The highest BCUT2D eigenvalue weighted by atomic mass is 16.5. The van der Waals surface area contributed by atoms with Gasteiger partial charge in [-0.25, -0.2) is 15.0 Å². The van der Waals surface area contributed by atoms with Crippen molar-refractivity contribution in [1.82, 2.24) is 9.97 Å². The minimum absolute atomic E-state index is 0.155. The Bertz CT molecular complexity index is 1100.